The Balaban J connectivity index is 2.17. The first kappa shape index (κ1) is 17.5. The predicted octanol–water partition coefficient (Wildman–Crippen LogP) is 3.68. The Morgan fingerprint density at radius 3 is 2.50 bits per heavy atom. The molecule has 1 aromatic heterocycles. The summed E-state index contributed by atoms with van der Waals surface area (Å²) < 4.78 is 10.5. The van der Waals surface area contributed by atoms with E-state index in [1.165, 1.54) is 6.08 Å². The molecule has 1 heterocycles. The second-order valence-electron chi connectivity index (χ2n) is 5.47. The van der Waals surface area contributed by atoms with Crippen LogP contribution < -0.4 is 14.8 Å². The largest absolute Gasteiger partial charge is 0.497 e. The van der Waals surface area contributed by atoms with Gasteiger partial charge in [0.15, 0.2) is 0 Å². The molecular formula is C19H22N2O3. The summed E-state index contributed by atoms with van der Waals surface area (Å²) in [5.74, 6) is 1.12. The van der Waals surface area contributed by atoms with E-state index in [1.807, 2.05) is 39.0 Å². The van der Waals surface area contributed by atoms with E-state index in [0.717, 1.165) is 28.2 Å². The van der Waals surface area contributed by atoms with E-state index in [4.69, 9.17) is 9.47 Å². The van der Waals surface area contributed by atoms with Crippen molar-refractivity contribution in [1.82, 2.24) is 4.98 Å². The predicted molar refractivity (Wildman–Crippen MR) is 95.7 cm³/mol. The van der Waals surface area contributed by atoms with Gasteiger partial charge in [0, 0.05) is 23.4 Å². The Hall–Kier alpha value is -2.82. The van der Waals surface area contributed by atoms with Gasteiger partial charge in [-0.05, 0) is 50.6 Å². The zero-order valence-corrected chi connectivity index (χ0v) is 14.6. The fourth-order valence-electron chi connectivity index (χ4n) is 2.50. The number of methoxy groups -OCH3 is 2. The SMILES string of the molecule is COc1ccc(/C=C/C(=O)Nc2c(C)cc(C)nc2C)c(OC)c1. The first-order chi connectivity index (χ1) is 11.4. The number of nitrogens with zero attached hydrogens (tertiary/aromatic N) is 1. The number of nitrogens with one attached hydrogen (secondary N) is 1. The maximum absolute atomic E-state index is 12.2. The summed E-state index contributed by atoms with van der Waals surface area (Å²) >= 11 is 0. The molecule has 5 nitrogen and oxygen atoms in total. The lowest BCUT2D eigenvalue weighted by Crippen LogP contribution is -2.11. The summed E-state index contributed by atoms with van der Waals surface area (Å²) in [6.45, 7) is 5.76. The average molecular weight is 326 g/mol. The number of amides is 1. The number of pyridine rings is 1. The van der Waals surface area contributed by atoms with Crippen LogP contribution in [0.25, 0.3) is 6.08 Å². The Bertz CT molecular complexity index is 759. The van der Waals surface area contributed by atoms with Crippen molar-refractivity contribution in [2.45, 2.75) is 20.8 Å². The third-order valence-corrected chi connectivity index (χ3v) is 3.63. The first-order valence-electron chi connectivity index (χ1n) is 7.60. The highest BCUT2D eigenvalue weighted by Crippen LogP contribution is 2.25. The van der Waals surface area contributed by atoms with E-state index < -0.39 is 0 Å². The van der Waals surface area contributed by atoms with Gasteiger partial charge in [-0.2, -0.15) is 0 Å². The Morgan fingerprint density at radius 1 is 1.12 bits per heavy atom. The van der Waals surface area contributed by atoms with Crippen LogP contribution in [0.4, 0.5) is 5.69 Å². The van der Waals surface area contributed by atoms with E-state index in [2.05, 4.69) is 10.3 Å². The third kappa shape index (κ3) is 4.13. The minimum Gasteiger partial charge on any atom is -0.497 e. The van der Waals surface area contributed by atoms with Crippen LogP contribution in [0, 0.1) is 20.8 Å². The van der Waals surface area contributed by atoms with Gasteiger partial charge in [-0.15, -0.1) is 0 Å². The number of aryl methyl sites for hydroxylation is 3. The van der Waals surface area contributed by atoms with E-state index in [-0.39, 0.29) is 5.91 Å². The average Bonchev–Trinajstić information content (AvgIpc) is 2.56. The molecule has 0 saturated heterocycles. The minimum atomic E-state index is -0.218. The molecule has 2 rings (SSSR count). The monoisotopic (exact) mass is 326 g/mol. The van der Waals surface area contributed by atoms with Crippen molar-refractivity contribution in [2.75, 3.05) is 19.5 Å². The third-order valence-electron chi connectivity index (χ3n) is 3.63. The molecule has 1 N–H and O–H groups in total. The second-order valence-corrected chi connectivity index (χ2v) is 5.47. The summed E-state index contributed by atoms with van der Waals surface area (Å²) in [7, 11) is 3.18. The number of benzene rings is 1. The van der Waals surface area contributed by atoms with Gasteiger partial charge in [0.1, 0.15) is 11.5 Å². The van der Waals surface area contributed by atoms with E-state index in [1.54, 1.807) is 26.4 Å². The highest BCUT2D eigenvalue weighted by atomic mass is 16.5. The van der Waals surface area contributed by atoms with Gasteiger partial charge >= 0.3 is 0 Å². The van der Waals surface area contributed by atoms with Gasteiger partial charge in [-0.3, -0.25) is 9.78 Å². The Labute approximate surface area is 142 Å². The number of rotatable bonds is 5. The molecule has 0 saturated carbocycles. The van der Waals surface area contributed by atoms with Gasteiger partial charge in [0.05, 0.1) is 25.6 Å². The molecule has 1 aromatic carbocycles. The Morgan fingerprint density at radius 2 is 1.88 bits per heavy atom. The molecule has 0 aliphatic carbocycles. The minimum absolute atomic E-state index is 0.218. The van der Waals surface area contributed by atoms with Crippen LogP contribution in [-0.4, -0.2) is 25.1 Å². The van der Waals surface area contributed by atoms with Crippen molar-refractivity contribution < 1.29 is 14.3 Å². The van der Waals surface area contributed by atoms with Crippen molar-refractivity contribution in [3.8, 4) is 11.5 Å². The molecule has 1 amide bonds. The van der Waals surface area contributed by atoms with Crippen molar-refractivity contribution in [2.24, 2.45) is 0 Å². The van der Waals surface area contributed by atoms with Gasteiger partial charge in [0.2, 0.25) is 5.91 Å². The molecule has 0 radical (unpaired) electrons. The van der Waals surface area contributed by atoms with Crippen LogP contribution in [0.1, 0.15) is 22.5 Å². The van der Waals surface area contributed by atoms with E-state index in [9.17, 15) is 4.79 Å². The van der Waals surface area contributed by atoms with Crippen molar-refractivity contribution in [3.63, 3.8) is 0 Å². The zero-order chi connectivity index (χ0) is 17.7. The van der Waals surface area contributed by atoms with E-state index >= 15 is 0 Å². The molecule has 0 aliphatic heterocycles. The lowest BCUT2D eigenvalue weighted by molar-refractivity contribution is -0.111. The number of carbonyl (C=O) groups excluding carboxylic acids is 1. The molecule has 2 aromatic rings. The summed E-state index contributed by atoms with van der Waals surface area (Å²) in [4.78, 5) is 16.6. The van der Waals surface area contributed by atoms with Gasteiger partial charge in [-0.1, -0.05) is 0 Å². The molecule has 5 heteroatoms. The van der Waals surface area contributed by atoms with Crippen molar-refractivity contribution in [3.05, 3.63) is 52.9 Å². The van der Waals surface area contributed by atoms with Crippen molar-refractivity contribution in [1.29, 1.82) is 0 Å². The molecule has 0 fully saturated rings. The number of aromatic nitrogens is 1. The van der Waals surface area contributed by atoms with Crippen LogP contribution in [0.2, 0.25) is 0 Å². The van der Waals surface area contributed by atoms with Crippen LogP contribution in [0.5, 0.6) is 11.5 Å². The van der Waals surface area contributed by atoms with Crippen LogP contribution in [0.15, 0.2) is 30.3 Å². The molecule has 24 heavy (non-hydrogen) atoms. The highest BCUT2D eigenvalue weighted by molar-refractivity contribution is 6.02. The summed E-state index contributed by atoms with van der Waals surface area (Å²) in [6, 6.07) is 7.37. The normalized spacial score (nSPS) is 10.7. The molecule has 0 spiro atoms. The van der Waals surface area contributed by atoms with Gasteiger partial charge in [-0.25, -0.2) is 0 Å². The topological polar surface area (TPSA) is 60.5 Å². The van der Waals surface area contributed by atoms with E-state index in [0.29, 0.717) is 11.5 Å². The van der Waals surface area contributed by atoms with Crippen LogP contribution in [-0.2, 0) is 4.79 Å². The summed E-state index contributed by atoms with van der Waals surface area (Å²) in [6.07, 6.45) is 3.18. The van der Waals surface area contributed by atoms with Crippen LogP contribution in [0.3, 0.4) is 0 Å². The zero-order valence-electron chi connectivity index (χ0n) is 14.6. The molecule has 0 atom stereocenters. The first-order valence-corrected chi connectivity index (χ1v) is 7.60. The highest BCUT2D eigenvalue weighted by Gasteiger charge is 2.08. The quantitative estimate of drug-likeness (QED) is 0.852. The number of hydrogen-bond donors (Lipinski definition) is 1. The Kier molecular flexibility index (Phi) is 5.58. The molecular weight excluding hydrogens is 304 g/mol. The molecule has 0 unspecified atom stereocenters. The van der Waals surface area contributed by atoms with Gasteiger partial charge in [0.25, 0.3) is 0 Å². The molecule has 0 aliphatic rings. The number of carbonyl (C=O) groups is 1. The van der Waals surface area contributed by atoms with Crippen LogP contribution >= 0.6 is 0 Å². The number of hydrogen-bond acceptors (Lipinski definition) is 4. The standard InChI is InChI=1S/C19H22N2O3/c1-12-10-13(2)20-14(3)19(12)21-18(22)9-7-15-6-8-16(23-4)11-17(15)24-5/h6-11H,1-5H3,(H,21,22)/b9-7+. The summed E-state index contributed by atoms with van der Waals surface area (Å²) in [5.41, 5.74) is 4.27. The fourth-order valence-corrected chi connectivity index (χ4v) is 2.50. The smallest absolute Gasteiger partial charge is 0.248 e. The lowest BCUT2D eigenvalue weighted by Gasteiger charge is -2.10. The number of anilines is 1. The number of ether oxygens (including phenoxy) is 2. The molecule has 0 bridgehead atoms. The maximum Gasteiger partial charge on any atom is 0.248 e. The molecule has 126 valence electrons. The second kappa shape index (κ2) is 7.64. The summed E-state index contributed by atoms with van der Waals surface area (Å²) in [5, 5.41) is 2.88. The lowest BCUT2D eigenvalue weighted by atomic mass is 10.1. The maximum atomic E-state index is 12.2. The fraction of sp³-hybridized carbons (Fsp3) is 0.263. The van der Waals surface area contributed by atoms with Crippen molar-refractivity contribution >= 4 is 17.7 Å². The van der Waals surface area contributed by atoms with Gasteiger partial charge < -0.3 is 14.8 Å².